The Kier molecular flexibility index (Phi) is 11.0. The zero-order valence-electron chi connectivity index (χ0n) is 21.4. The van der Waals surface area contributed by atoms with Crippen molar-refractivity contribution >= 4 is 5.97 Å². The molecule has 1 atom stereocenters. The number of carboxylic acid groups (broad SMARTS) is 1. The number of ether oxygens (including phenoxy) is 2. The molecule has 0 amide bonds. The Morgan fingerprint density at radius 3 is 2.51 bits per heavy atom. The van der Waals surface area contributed by atoms with Gasteiger partial charge in [0.05, 0.1) is 6.61 Å². The van der Waals surface area contributed by atoms with Gasteiger partial charge in [-0.3, -0.25) is 9.36 Å². The predicted octanol–water partition coefficient (Wildman–Crippen LogP) is 3.95. The van der Waals surface area contributed by atoms with E-state index in [1.807, 2.05) is 25.1 Å². The monoisotopic (exact) mass is 489 g/mol. The maximum atomic E-state index is 12.4. The van der Waals surface area contributed by atoms with Crippen LogP contribution in [0.4, 0.5) is 0 Å². The van der Waals surface area contributed by atoms with Gasteiger partial charge in [0, 0.05) is 13.6 Å². The topological polar surface area (TPSA) is 113 Å². The number of hydrogen-bond acceptors (Lipinski definition) is 6. The van der Waals surface area contributed by atoms with E-state index >= 15 is 0 Å². The summed E-state index contributed by atoms with van der Waals surface area (Å²) in [4.78, 5) is 36.4. The first-order valence-electron chi connectivity index (χ1n) is 12.5. The van der Waals surface area contributed by atoms with Crippen molar-refractivity contribution in [2.24, 2.45) is 7.05 Å². The third kappa shape index (κ3) is 8.26. The summed E-state index contributed by atoms with van der Waals surface area (Å²) in [7, 11) is 1.43. The Bertz CT molecular complexity index is 1080. The van der Waals surface area contributed by atoms with Gasteiger partial charge in [0.2, 0.25) is 5.60 Å². The van der Waals surface area contributed by atoms with E-state index < -0.39 is 22.8 Å². The van der Waals surface area contributed by atoms with Crippen LogP contribution in [0.1, 0.15) is 77.7 Å². The van der Waals surface area contributed by atoms with Crippen LogP contribution in [0.2, 0.25) is 0 Å². The average Bonchev–Trinajstić information content (AvgIpc) is 2.82. The van der Waals surface area contributed by atoms with E-state index in [0.29, 0.717) is 38.0 Å². The lowest BCUT2D eigenvalue weighted by molar-refractivity contribution is -0.154. The standard InChI is InChI=1S/C26H39N3O6/c1-5-7-8-9-10-17-29-25(33)28(4)23(30)22(27-29)34-18-12-14-20-13-11-15-21(19-20)35-26(3,16-6-2)24(31)32/h11,13,15,19H,5-10,12,14,16-18H2,1-4H3,(H,31,32). The average molecular weight is 490 g/mol. The minimum absolute atomic E-state index is 0.0745. The molecule has 1 aromatic carbocycles. The van der Waals surface area contributed by atoms with E-state index in [-0.39, 0.29) is 12.5 Å². The highest BCUT2D eigenvalue weighted by atomic mass is 16.5. The van der Waals surface area contributed by atoms with Crippen LogP contribution in [0.3, 0.4) is 0 Å². The Balaban J connectivity index is 1.96. The van der Waals surface area contributed by atoms with Crippen molar-refractivity contribution in [2.75, 3.05) is 6.61 Å². The van der Waals surface area contributed by atoms with Crippen LogP contribution in [0.25, 0.3) is 0 Å². The molecule has 9 nitrogen and oxygen atoms in total. The quantitative estimate of drug-likeness (QED) is 0.355. The van der Waals surface area contributed by atoms with Crippen LogP contribution in [0, 0.1) is 0 Å². The molecular weight excluding hydrogens is 450 g/mol. The molecular formula is C26H39N3O6. The zero-order valence-corrected chi connectivity index (χ0v) is 21.4. The van der Waals surface area contributed by atoms with E-state index in [1.54, 1.807) is 13.0 Å². The molecule has 1 unspecified atom stereocenters. The molecule has 0 saturated heterocycles. The number of aliphatic carboxylic acids is 1. The number of carbonyl (C=O) groups is 1. The van der Waals surface area contributed by atoms with Gasteiger partial charge in [0.15, 0.2) is 0 Å². The van der Waals surface area contributed by atoms with Gasteiger partial charge in [-0.25, -0.2) is 14.3 Å². The molecule has 1 N–H and O–H groups in total. The third-order valence-electron chi connectivity index (χ3n) is 5.95. The molecule has 0 aliphatic heterocycles. The molecule has 0 aliphatic carbocycles. The Morgan fingerprint density at radius 1 is 1.09 bits per heavy atom. The van der Waals surface area contributed by atoms with Gasteiger partial charge in [0.1, 0.15) is 5.75 Å². The van der Waals surface area contributed by atoms with Crippen LogP contribution in [-0.2, 0) is 24.8 Å². The summed E-state index contributed by atoms with van der Waals surface area (Å²) < 4.78 is 13.8. The lowest BCUT2D eigenvalue weighted by Crippen LogP contribution is -2.41. The molecule has 1 aromatic heterocycles. The Hall–Kier alpha value is -3.10. The Labute approximate surface area is 206 Å². The fourth-order valence-electron chi connectivity index (χ4n) is 3.85. The summed E-state index contributed by atoms with van der Waals surface area (Å²) in [6, 6.07) is 7.33. The minimum Gasteiger partial charge on any atom is -0.478 e. The highest BCUT2D eigenvalue weighted by Gasteiger charge is 2.34. The molecule has 0 spiro atoms. The van der Waals surface area contributed by atoms with Crippen molar-refractivity contribution < 1.29 is 19.4 Å². The van der Waals surface area contributed by atoms with Gasteiger partial charge < -0.3 is 14.6 Å². The van der Waals surface area contributed by atoms with E-state index in [2.05, 4.69) is 12.0 Å². The fraction of sp³-hybridized carbons (Fsp3) is 0.615. The maximum Gasteiger partial charge on any atom is 0.347 e. The maximum absolute atomic E-state index is 12.4. The molecule has 0 fully saturated rings. The second-order valence-corrected chi connectivity index (χ2v) is 9.08. The predicted molar refractivity (Wildman–Crippen MR) is 134 cm³/mol. The summed E-state index contributed by atoms with van der Waals surface area (Å²) in [5.41, 5.74) is -1.29. The number of aromatic nitrogens is 3. The number of hydrogen-bond donors (Lipinski definition) is 1. The second-order valence-electron chi connectivity index (χ2n) is 9.08. The fourth-order valence-corrected chi connectivity index (χ4v) is 3.85. The number of rotatable bonds is 16. The summed E-state index contributed by atoms with van der Waals surface area (Å²) >= 11 is 0. The van der Waals surface area contributed by atoms with E-state index in [0.717, 1.165) is 42.2 Å². The number of unbranched alkanes of at least 4 members (excludes halogenated alkanes) is 4. The van der Waals surface area contributed by atoms with E-state index in [9.17, 15) is 19.5 Å². The first-order valence-corrected chi connectivity index (χ1v) is 12.5. The summed E-state index contributed by atoms with van der Waals surface area (Å²) in [6.45, 7) is 6.36. The van der Waals surface area contributed by atoms with Gasteiger partial charge in [-0.2, -0.15) is 0 Å². The third-order valence-corrected chi connectivity index (χ3v) is 5.95. The SMILES string of the molecule is CCCCCCCn1nc(OCCCc2cccc(OC(C)(CCC)C(=O)O)c2)c(=O)n(C)c1=O. The summed E-state index contributed by atoms with van der Waals surface area (Å²) in [6.07, 6.45) is 7.60. The van der Waals surface area contributed by atoms with Crippen molar-refractivity contribution in [3.05, 3.63) is 50.7 Å². The van der Waals surface area contributed by atoms with E-state index in [4.69, 9.17) is 9.47 Å². The van der Waals surface area contributed by atoms with Gasteiger partial charge in [0.25, 0.3) is 5.88 Å². The van der Waals surface area contributed by atoms with Gasteiger partial charge in [-0.1, -0.05) is 58.1 Å². The number of nitrogens with zero attached hydrogens (tertiary/aromatic N) is 3. The highest BCUT2D eigenvalue weighted by Crippen LogP contribution is 2.24. The van der Waals surface area contributed by atoms with Gasteiger partial charge in [-0.15, -0.1) is 5.10 Å². The zero-order chi connectivity index (χ0) is 25.8. The van der Waals surface area contributed by atoms with Crippen molar-refractivity contribution in [2.45, 2.75) is 90.7 Å². The molecule has 2 aromatic rings. The van der Waals surface area contributed by atoms with Crippen LogP contribution in [0.5, 0.6) is 11.6 Å². The molecule has 9 heteroatoms. The first kappa shape index (κ1) is 28.1. The highest BCUT2D eigenvalue weighted by molar-refractivity contribution is 5.77. The normalized spacial score (nSPS) is 12.8. The molecule has 0 saturated carbocycles. The first-order chi connectivity index (χ1) is 16.7. The number of carboxylic acids is 1. The van der Waals surface area contributed by atoms with Crippen LogP contribution in [-0.4, -0.2) is 37.6 Å². The molecule has 1 heterocycles. The smallest absolute Gasteiger partial charge is 0.347 e. The van der Waals surface area contributed by atoms with Crippen LogP contribution < -0.4 is 20.7 Å². The van der Waals surface area contributed by atoms with Crippen molar-refractivity contribution in [1.82, 2.24) is 14.3 Å². The lowest BCUT2D eigenvalue weighted by atomic mass is 10.0. The van der Waals surface area contributed by atoms with Crippen molar-refractivity contribution in [1.29, 1.82) is 0 Å². The molecule has 0 bridgehead atoms. The van der Waals surface area contributed by atoms with Gasteiger partial charge in [-0.05, 0) is 50.3 Å². The van der Waals surface area contributed by atoms with Gasteiger partial charge >= 0.3 is 17.2 Å². The summed E-state index contributed by atoms with van der Waals surface area (Å²) in [5.74, 6) is -0.563. The van der Waals surface area contributed by atoms with Crippen molar-refractivity contribution in [3.8, 4) is 11.6 Å². The minimum atomic E-state index is -1.28. The number of aryl methyl sites for hydroxylation is 2. The second kappa shape index (κ2) is 13.7. The molecule has 35 heavy (non-hydrogen) atoms. The van der Waals surface area contributed by atoms with E-state index in [1.165, 1.54) is 11.7 Å². The molecule has 0 radical (unpaired) electrons. The number of benzene rings is 1. The Morgan fingerprint density at radius 2 is 1.83 bits per heavy atom. The van der Waals surface area contributed by atoms with Crippen molar-refractivity contribution in [3.63, 3.8) is 0 Å². The molecule has 194 valence electrons. The summed E-state index contributed by atoms with van der Waals surface area (Å²) in [5, 5.41) is 13.7. The molecule has 0 aliphatic rings. The molecule has 2 rings (SSSR count). The van der Waals surface area contributed by atoms with Crippen LogP contribution >= 0.6 is 0 Å². The lowest BCUT2D eigenvalue weighted by Gasteiger charge is -2.26. The largest absolute Gasteiger partial charge is 0.478 e. The van der Waals surface area contributed by atoms with Crippen LogP contribution in [0.15, 0.2) is 33.9 Å².